The number of nitrogens with one attached hydrogen (secondary N) is 2. The lowest BCUT2D eigenvalue weighted by atomic mass is 10.2. The molecule has 0 saturated heterocycles. The van der Waals surface area contributed by atoms with Gasteiger partial charge in [0.05, 0.1) is 9.79 Å². The molecule has 0 aliphatic heterocycles. The van der Waals surface area contributed by atoms with E-state index in [1.54, 1.807) is 13.8 Å². The van der Waals surface area contributed by atoms with Crippen LogP contribution in [0, 0.1) is 0 Å². The van der Waals surface area contributed by atoms with Crippen molar-refractivity contribution in [3.63, 3.8) is 0 Å². The predicted octanol–water partition coefficient (Wildman–Crippen LogP) is 2.38. The minimum Gasteiger partial charge on any atom is -0.295 e. The lowest BCUT2D eigenvalue weighted by Gasteiger charge is -2.11. The maximum absolute atomic E-state index is 12.4. The van der Waals surface area contributed by atoms with Crippen LogP contribution in [0.1, 0.15) is 31.1 Å². The lowest BCUT2D eigenvalue weighted by molar-refractivity contribution is 0.101. The first-order valence-electron chi connectivity index (χ1n) is 7.77. The quantitative estimate of drug-likeness (QED) is 0.698. The first-order chi connectivity index (χ1) is 12.0. The minimum atomic E-state index is -3.85. The van der Waals surface area contributed by atoms with E-state index >= 15 is 0 Å². The molecule has 0 fully saturated rings. The third-order valence-electron chi connectivity index (χ3n) is 3.38. The van der Waals surface area contributed by atoms with Crippen LogP contribution in [0.25, 0.3) is 0 Å². The predicted molar refractivity (Wildman–Crippen MR) is 99.2 cm³/mol. The zero-order valence-electron chi connectivity index (χ0n) is 14.6. The van der Waals surface area contributed by atoms with Crippen LogP contribution in [0.5, 0.6) is 0 Å². The van der Waals surface area contributed by atoms with Gasteiger partial charge in [-0.1, -0.05) is 12.1 Å². The summed E-state index contributed by atoms with van der Waals surface area (Å²) in [4.78, 5) is 11.3. The number of ketones is 1. The van der Waals surface area contributed by atoms with E-state index in [4.69, 9.17) is 0 Å². The maximum atomic E-state index is 12.4. The molecule has 2 aromatic rings. The van der Waals surface area contributed by atoms with Gasteiger partial charge in [-0.05, 0) is 57.2 Å². The van der Waals surface area contributed by atoms with E-state index in [9.17, 15) is 21.6 Å². The molecule has 26 heavy (non-hydrogen) atoms. The van der Waals surface area contributed by atoms with Crippen LogP contribution in [0.15, 0.2) is 58.3 Å². The number of Topliss-reactive ketones (excluding diaryl/α,β-unsaturated/α-hetero) is 1. The van der Waals surface area contributed by atoms with Crippen molar-refractivity contribution in [2.24, 2.45) is 0 Å². The normalized spacial score (nSPS) is 12.2. The molecule has 0 radical (unpaired) electrons. The van der Waals surface area contributed by atoms with Crippen molar-refractivity contribution in [1.29, 1.82) is 0 Å². The van der Waals surface area contributed by atoms with Gasteiger partial charge in [0.25, 0.3) is 10.0 Å². The number of carbonyl (C=O) groups excluding carboxylic acids is 1. The number of hydrogen-bond donors (Lipinski definition) is 2. The molecule has 0 saturated carbocycles. The van der Waals surface area contributed by atoms with Crippen LogP contribution >= 0.6 is 0 Å². The van der Waals surface area contributed by atoms with E-state index in [1.165, 1.54) is 55.5 Å². The average molecular weight is 396 g/mol. The zero-order chi connectivity index (χ0) is 19.5. The molecule has 0 atom stereocenters. The topological polar surface area (TPSA) is 109 Å². The van der Waals surface area contributed by atoms with Gasteiger partial charge >= 0.3 is 0 Å². The number of sulfonamides is 2. The fraction of sp³-hybridized carbons (Fsp3) is 0.235. The van der Waals surface area contributed by atoms with Crippen molar-refractivity contribution >= 4 is 31.5 Å². The molecule has 2 rings (SSSR count). The maximum Gasteiger partial charge on any atom is 0.261 e. The van der Waals surface area contributed by atoms with Crippen molar-refractivity contribution in [1.82, 2.24) is 4.72 Å². The zero-order valence-corrected chi connectivity index (χ0v) is 16.2. The summed E-state index contributed by atoms with van der Waals surface area (Å²) in [5.74, 6) is -0.159. The Morgan fingerprint density at radius 2 is 1.27 bits per heavy atom. The van der Waals surface area contributed by atoms with E-state index in [0.29, 0.717) is 5.56 Å². The highest BCUT2D eigenvalue weighted by atomic mass is 32.2. The molecule has 0 unspecified atom stereocenters. The molecule has 0 aromatic heterocycles. The van der Waals surface area contributed by atoms with Crippen molar-refractivity contribution in [3.05, 3.63) is 54.1 Å². The molecule has 0 aliphatic carbocycles. The Morgan fingerprint density at radius 3 is 1.73 bits per heavy atom. The second-order valence-electron chi connectivity index (χ2n) is 5.99. The Kier molecular flexibility index (Phi) is 5.84. The molecule has 0 bridgehead atoms. The SMILES string of the molecule is CC(=O)c1ccc(S(=O)(=O)Nc2ccc(S(=O)(=O)NC(C)C)cc2)cc1. The van der Waals surface area contributed by atoms with E-state index in [2.05, 4.69) is 9.44 Å². The second kappa shape index (κ2) is 7.56. The third kappa shape index (κ3) is 4.90. The molecular weight excluding hydrogens is 376 g/mol. The van der Waals surface area contributed by atoms with Crippen LogP contribution in [-0.4, -0.2) is 28.7 Å². The van der Waals surface area contributed by atoms with Crippen LogP contribution in [-0.2, 0) is 20.0 Å². The summed E-state index contributed by atoms with van der Waals surface area (Å²) in [5, 5.41) is 0. The van der Waals surface area contributed by atoms with Gasteiger partial charge in [-0.25, -0.2) is 21.6 Å². The fourth-order valence-electron chi connectivity index (χ4n) is 2.16. The molecule has 0 amide bonds. The second-order valence-corrected chi connectivity index (χ2v) is 9.38. The summed E-state index contributed by atoms with van der Waals surface area (Å²) in [6.07, 6.45) is 0. The van der Waals surface area contributed by atoms with Gasteiger partial charge < -0.3 is 0 Å². The van der Waals surface area contributed by atoms with Gasteiger partial charge in [0.2, 0.25) is 10.0 Å². The highest BCUT2D eigenvalue weighted by Gasteiger charge is 2.17. The lowest BCUT2D eigenvalue weighted by Crippen LogP contribution is -2.30. The van der Waals surface area contributed by atoms with Gasteiger partial charge in [0.15, 0.2) is 5.78 Å². The molecule has 9 heteroatoms. The first-order valence-corrected chi connectivity index (χ1v) is 10.7. The van der Waals surface area contributed by atoms with E-state index in [1.807, 2.05) is 0 Å². The van der Waals surface area contributed by atoms with Crippen molar-refractivity contribution in [2.75, 3.05) is 4.72 Å². The summed E-state index contributed by atoms with van der Waals surface area (Å²) in [7, 11) is -7.49. The van der Waals surface area contributed by atoms with Crippen LogP contribution in [0.2, 0.25) is 0 Å². The van der Waals surface area contributed by atoms with Gasteiger partial charge in [0.1, 0.15) is 0 Å². The Hall–Kier alpha value is -2.23. The molecule has 2 N–H and O–H groups in total. The summed E-state index contributed by atoms with van der Waals surface area (Å²) in [6.45, 7) is 4.81. The minimum absolute atomic E-state index is 0.000623. The number of carbonyl (C=O) groups is 1. The fourth-order valence-corrected chi connectivity index (χ4v) is 4.47. The molecule has 0 aliphatic rings. The van der Waals surface area contributed by atoms with Crippen molar-refractivity contribution in [2.45, 2.75) is 36.6 Å². The molecule has 7 nitrogen and oxygen atoms in total. The van der Waals surface area contributed by atoms with E-state index < -0.39 is 20.0 Å². The smallest absolute Gasteiger partial charge is 0.261 e. The van der Waals surface area contributed by atoms with Crippen LogP contribution in [0.4, 0.5) is 5.69 Å². The average Bonchev–Trinajstić information content (AvgIpc) is 2.54. The van der Waals surface area contributed by atoms with Gasteiger partial charge in [-0.15, -0.1) is 0 Å². The molecule has 0 spiro atoms. The Morgan fingerprint density at radius 1 is 0.808 bits per heavy atom. The third-order valence-corrected chi connectivity index (χ3v) is 6.45. The van der Waals surface area contributed by atoms with Crippen molar-refractivity contribution < 1.29 is 21.6 Å². The number of hydrogen-bond acceptors (Lipinski definition) is 5. The van der Waals surface area contributed by atoms with Crippen LogP contribution in [0.3, 0.4) is 0 Å². The number of rotatable bonds is 7. The van der Waals surface area contributed by atoms with E-state index in [0.717, 1.165) is 0 Å². The van der Waals surface area contributed by atoms with Crippen LogP contribution < -0.4 is 9.44 Å². The largest absolute Gasteiger partial charge is 0.295 e. The molecule has 2 aromatic carbocycles. The first kappa shape index (κ1) is 20.1. The highest BCUT2D eigenvalue weighted by molar-refractivity contribution is 7.92. The monoisotopic (exact) mass is 396 g/mol. The standard InChI is InChI=1S/C17H20N2O5S2/c1-12(2)18-25(21,22)17-10-6-15(7-11-17)19-26(23,24)16-8-4-14(5-9-16)13(3)20/h4-12,18-19H,1-3H3. The van der Waals surface area contributed by atoms with Crippen molar-refractivity contribution in [3.8, 4) is 0 Å². The molecular formula is C17H20N2O5S2. The highest BCUT2D eigenvalue weighted by Crippen LogP contribution is 2.19. The van der Waals surface area contributed by atoms with Gasteiger partial charge in [0, 0.05) is 17.3 Å². The van der Waals surface area contributed by atoms with Gasteiger partial charge in [-0.3, -0.25) is 9.52 Å². The number of benzene rings is 2. The Balaban J connectivity index is 2.21. The summed E-state index contributed by atoms with van der Waals surface area (Å²) in [5.41, 5.74) is 0.639. The Labute approximate surface area is 153 Å². The number of anilines is 1. The van der Waals surface area contributed by atoms with Gasteiger partial charge in [-0.2, -0.15) is 0 Å². The summed E-state index contributed by atoms with van der Waals surface area (Å²) in [6, 6.07) is 10.7. The summed E-state index contributed by atoms with van der Waals surface area (Å²) >= 11 is 0. The van der Waals surface area contributed by atoms with E-state index in [-0.39, 0.29) is 27.3 Å². The summed E-state index contributed by atoms with van der Waals surface area (Å²) < 4.78 is 53.7. The molecule has 140 valence electrons. The molecule has 0 heterocycles. The Bertz CT molecular complexity index is 994.